The van der Waals surface area contributed by atoms with E-state index in [0.717, 1.165) is 42.7 Å². The van der Waals surface area contributed by atoms with Crippen molar-refractivity contribution in [3.63, 3.8) is 0 Å². The van der Waals surface area contributed by atoms with E-state index in [4.69, 9.17) is 4.42 Å². The first-order valence-electron chi connectivity index (χ1n) is 9.07. The minimum atomic E-state index is 0. The normalized spacial score (nSPS) is 14.7. The van der Waals surface area contributed by atoms with Crippen LogP contribution in [0.25, 0.3) is 10.8 Å². The van der Waals surface area contributed by atoms with E-state index in [2.05, 4.69) is 55.4 Å². The fourth-order valence-corrected chi connectivity index (χ4v) is 3.87. The number of rotatable bonds is 4. The predicted molar refractivity (Wildman–Crippen MR) is 126 cm³/mol. The first-order chi connectivity index (χ1) is 13.3. The van der Waals surface area contributed by atoms with Gasteiger partial charge in [0.2, 0.25) is 5.89 Å². The van der Waals surface area contributed by atoms with Gasteiger partial charge in [0.25, 0.3) is 0 Å². The van der Waals surface area contributed by atoms with Crippen molar-refractivity contribution in [1.29, 1.82) is 0 Å². The molecule has 0 unspecified atom stereocenters. The highest BCUT2D eigenvalue weighted by atomic mass is 127. The average molecular weight is 509 g/mol. The van der Waals surface area contributed by atoms with E-state index >= 15 is 0 Å². The summed E-state index contributed by atoms with van der Waals surface area (Å²) in [5.41, 5.74) is 2.16. The molecule has 0 radical (unpaired) electrons. The van der Waals surface area contributed by atoms with Crippen LogP contribution in [0.2, 0.25) is 0 Å². The molecule has 4 rings (SSSR count). The van der Waals surface area contributed by atoms with Crippen LogP contribution in [0.4, 0.5) is 5.69 Å². The van der Waals surface area contributed by atoms with Crippen LogP contribution in [0.5, 0.6) is 0 Å². The summed E-state index contributed by atoms with van der Waals surface area (Å²) in [6, 6.07) is 14.6. The van der Waals surface area contributed by atoms with Gasteiger partial charge in [0.05, 0.1) is 17.1 Å². The molecule has 1 aliphatic rings. The maximum absolute atomic E-state index is 5.58. The molecule has 0 aliphatic carbocycles. The van der Waals surface area contributed by atoms with Gasteiger partial charge in [-0.2, -0.15) is 0 Å². The average Bonchev–Trinajstić information content (AvgIpc) is 3.41. The first-order valence-corrected chi connectivity index (χ1v) is 9.95. The van der Waals surface area contributed by atoms with Crippen molar-refractivity contribution in [1.82, 2.24) is 15.2 Å². The third-order valence-electron chi connectivity index (χ3n) is 4.62. The molecule has 0 bridgehead atoms. The SMILES string of the molecule is CN=C(NCc1coc(-c2cccs2)n1)N1CCN(c2ccccc2)CC1.I. The molecule has 8 heteroatoms. The van der Waals surface area contributed by atoms with Gasteiger partial charge in [-0.05, 0) is 23.6 Å². The number of aromatic nitrogens is 1. The zero-order chi connectivity index (χ0) is 18.5. The Bertz CT molecular complexity index is 873. The molecule has 6 nitrogen and oxygen atoms in total. The number of para-hydroxylation sites is 1. The summed E-state index contributed by atoms with van der Waals surface area (Å²) in [6.45, 7) is 4.44. The van der Waals surface area contributed by atoms with Crippen LogP contribution in [-0.4, -0.2) is 49.1 Å². The van der Waals surface area contributed by atoms with Crippen molar-refractivity contribution in [3.8, 4) is 10.8 Å². The number of hydrogen-bond acceptors (Lipinski definition) is 5. The van der Waals surface area contributed by atoms with Crippen molar-refractivity contribution in [2.24, 2.45) is 4.99 Å². The Morgan fingerprint density at radius 3 is 2.61 bits per heavy atom. The van der Waals surface area contributed by atoms with E-state index in [-0.39, 0.29) is 24.0 Å². The third-order valence-corrected chi connectivity index (χ3v) is 5.48. The Balaban J connectivity index is 0.00000225. The third kappa shape index (κ3) is 4.85. The number of thiophene rings is 1. The summed E-state index contributed by atoms with van der Waals surface area (Å²) < 4.78 is 5.58. The number of hydrogen-bond donors (Lipinski definition) is 1. The number of nitrogens with zero attached hydrogens (tertiary/aromatic N) is 4. The van der Waals surface area contributed by atoms with Gasteiger partial charge in [-0.3, -0.25) is 4.99 Å². The standard InChI is InChI=1S/C20H23N5OS.HI/c1-21-20(22-14-16-15-26-19(23-16)18-8-5-13-27-18)25-11-9-24(10-12-25)17-6-3-2-4-7-17;/h2-8,13,15H,9-12,14H2,1H3,(H,21,22);1H. The van der Waals surface area contributed by atoms with Crippen LogP contribution in [-0.2, 0) is 6.54 Å². The quantitative estimate of drug-likeness (QED) is 0.329. The molecule has 148 valence electrons. The minimum Gasteiger partial charge on any atom is -0.443 e. The van der Waals surface area contributed by atoms with Crippen LogP contribution in [0.1, 0.15) is 5.69 Å². The summed E-state index contributed by atoms with van der Waals surface area (Å²) in [6.07, 6.45) is 1.71. The Kier molecular flexibility index (Phi) is 7.32. The van der Waals surface area contributed by atoms with E-state index < -0.39 is 0 Å². The molecule has 2 aromatic heterocycles. The maximum atomic E-state index is 5.58. The van der Waals surface area contributed by atoms with Gasteiger partial charge in [0, 0.05) is 38.9 Å². The lowest BCUT2D eigenvalue weighted by Crippen LogP contribution is -2.52. The summed E-state index contributed by atoms with van der Waals surface area (Å²) in [5.74, 6) is 1.58. The lowest BCUT2D eigenvalue weighted by Gasteiger charge is -2.37. The van der Waals surface area contributed by atoms with Gasteiger partial charge in [-0.1, -0.05) is 24.3 Å². The fourth-order valence-electron chi connectivity index (χ4n) is 3.22. The van der Waals surface area contributed by atoms with Gasteiger partial charge >= 0.3 is 0 Å². The minimum absolute atomic E-state index is 0. The summed E-state index contributed by atoms with van der Waals surface area (Å²) in [5, 5.41) is 5.43. The van der Waals surface area contributed by atoms with Crippen molar-refractivity contribution in [2.45, 2.75) is 6.54 Å². The van der Waals surface area contributed by atoms with Gasteiger partial charge in [-0.25, -0.2) is 4.98 Å². The van der Waals surface area contributed by atoms with E-state index in [0.29, 0.717) is 12.4 Å². The van der Waals surface area contributed by atoms with E-state index in [9.17, 15) is 0 Å². The molecule has 1 fully saturated rings. The molecule has 0 amide bonds. The number of anilines is 1. The second kappa shape index (κ2) is 9.92. The van der Waals surface area contributed by atoms with Gasteiger partial charge < -0.3 is 19.5 Å². The fraction of sp³-hybridized carbons (Fsp3) is 0.300. The van der Waals surface area contributed by atoms with Gasteiger partial charge in [-0.15, -0.1) is 35.3 Å². The number of piperazine rings is 1. The number of halogens is 1. The monoisotopic (exact) mass is 509 g/mol. The van der Waals surface area contributed by atoms with Crippen molar-refractivity contribution in [2.75, 3.05) is 38.1 Å². The number of oxazole rings is 1. The smallest absolute Gasteiger partial charge is 0.236 e. The maximum Gasteiger partial charge on any atom is 0.236 e. The van der Waals surface area contributed by atoms with Crippen LogP contribution in [0, 0.1) is 0 Å². The molecule has 0 atom stereocenters. The largest absolute Gasteiger partial charge is 0.443 e. The first kappa shape index (κ1) is 20.7. The summed E-state index contributed by atoms with van der Waals surface area (Å²) in [7, 11) is 1.83. The molecule has 1 N–H and O–H groups in total. The second-order valence-corrected chi connectivity index (χ2v) is 7.28. The van der Waals surface area contributed by atoms with Crippen LogP contribution in [0.3, 0.4) is 0 Å². The number of nitrogens with one attached hydrogen (secondary N) is 1. The molecule has 1 aliphatic heterocycles. The van der Waals surface area contributed by atoms with Gasteiger partial charge in [0.15, 0.2) is 5.96 Å². The molecule has 1 aromatic carbocycles. The topological polar surface area (TPSA) is 56.9 Å². The Labute approximate surface area is 186 Å². The Morgan fingerprint density at radius 2 is 1.93 bits per heavy atom. The van der Waals surface area contributed by atoms with E-state index in [1.54, 1.807) is 17.6 Å². The predicted octanol–water partition coefficient (Wildman–Crippen LogP) is 3.92. The van der Waals surface area contributed by atoms with Crippen LogP contribution >= 0.6 is 35.3 Å². The molecule has 3 heterocycles. The highest BCUT2D eigenvalue weighted by Gasteiger charge is 2.20. The Morgan fingerprint density at radius 1 is 1.14 bits per heavy atom. The molecule has 0 saturated carbocycles. The Hall–Kier alpha value is -2.07. The van der Waals surface area contributed by atoms with Crippen LogP contribution < -0.4 is 10.2 Å². The summed E-state index contributed by atoms with van der Waals surface area (Å²) in [4.78, 5) is 14.7. The van der Waals surface area contributed by atoms with E-state index in [1.807, 2.05) is 24.6 Å². The lowest BCUT2D eigenvalue weighted by molar-refractivity contribution is 0.372. The van der Waals surface area contributed by atoms with Crippen LogP contribution in [0.15, 0.2) is 63.5 Å². The zero-order valence-corrected chi connectivity index (χ0v) is 18.9. The second-order valence-electron chi connectivity index (χ2n) is 6.33. The molecule has 1 saturated heterocycles. The molecule has 28 heavy (non-hydrogen) atoms. The molecular weight excluding hydrogens is 485 g/mol. The van der Waals surface area contributed by atoms with Crippen molar-refractivity contribution >= 4 is 47.0 Å². The number of aliphatic imine (C=N–C) groups is 1. The molecular formula is C20H24IN5OS. The highest BCUT2D eigenvalue weighted by molar-refractivity contribution is 14.0. The van der Waals surface area contributed by atoms with E-state index in [1.165, 1.54) is 5.69 Å². The molecule has 0 spiro atoms. The zero-order valence-electron chi connectivity index (χ0n) is 15.7. The number of benzene rings is 1. The van der Waals surface area contributed by atoms with Crippen molar-refractivity contribution < 1.29 is 4.42 Å². The molecule has 3 aromatic rings. The number of guanidine groups is 1. The van der Waals surface area contributed by atoms with Gasteiger partial charge in [0.1, 0.15) is 6.26 Å². The summed E-state index contributed by atoms with van der Waals surface area (Å²) >= 11 is 1.63. The highest BCUT2D eigenvalue weighted by Crippen LogP contribution is 2.23. The lowest BCUT2D eigenvalue weighted by atomic mass is 10.2. The van der Waals surface area contributed by atoms with Crippen molar-refractivity contribution in [3.05, 3.63) is 59.8 Å².